The fraction of sp³-hybridized carbons (Fsp3) is 0.370. The van der Waals surface area contributed by atoms with Gasteiger partial charge in [-0.05, 0) is 55.6 Å². The third-order valence-electron chi connectivity index (χ3n) is 5.26. The van der Waals surface area contributed by atoms with E-state index in [1.54, 1.807) is 0 Å². The summed E-state index contributed by atoms with van der Waals surface area (Å²) >= 11 is 0. The SMILES string of the molecule is C=CCC(CC=C)CC(Cc1ccccc1)/C(CCc1ccccc1)=N\N(C)C. The Balaban J connectivity index is 2.25. The molecule has 2 nitrogen and oxygen atoms in total. The Hall–Kier alpha value is -2.61. The highest BCUT2D eigenvalue weighted by Gasteiger charge is 2.21. The molecule has 0 amide bonds. The van der Waals surface area contributed by atoms with Crippen LogP contribution >= 0.6 is 0 Å². The molecule has 0 saturated heterocycles. The van der Waals surface area contributed by atoms with Gasteiger partial charge < -0.3 is 5.01 Å². The Bertz CT molecular complexity index is 737. The van der Waals surface area contributed by atoms with Gasteiger partial charge in [0.2, 0.25) is 0 Å². The molecular weight excluding hydrogens is 352 g/mol. The molecule has 0 aromatic heterocycles. The van der Waals surface area contributed by atoms with Gasteiger partial charge in [-0.2, -0.15) is 5.10 Å². The number of benzene rings is 2. The van der Waals surface area contributed by atoms with Crippen molar-refractivity contribution >= 4 is 5.71 Å². The molecule has 2 aromatic rings. The highest BCUT2D eigenvalue weighted by molar-refractivity contribution is 5.87. The third kappa shape index (κ3) is 8.51. The molecule has 0 spiro atoms. The van der Waals surface area contributed by atoms with Crippen LogP contribution in [0, 0.1) is 11.8 Å². The summed E-state index contributed by atoms with van der Waals surface area (Å²) in [6.07, 6.45) is 10.2. The van der Waals surface area contributed by atoms with Crippen molar-refractivity contribution in [3.63, 3.8) is 0 Å². The molecule has 2 rings (SSSR count). The first-order valence-electron chi connectivity index (χ1n) is 10.7. The van der Waals surface area contributed by atoms with Crippen LogP contribution in [0.4, 0.5) is 0 Å². The van der Waals surface area contributed by atoms with E-state index in [-0.39, 0.29) is 0 Å². The van der Waals surface area contributed by atoms with Crippen LogP contribution in [0.15, 0.2) is 91.1 Å². The molecule has 154 valence electrons. The maximum Gasteiger partial charge on any atom is 0.0418 e. The van der Waals surface area contributed by atoms with Gasteiger partial charge in [-0.3, -0.25) is 0 Å². The number of nitrogens with zero attached hydrogens (tertiary/aromatic N) is 2. The van der Waals surface area contributed by atoms with Gasteiger partial charge in [0.1, 0.15) is 0 Å². The van der Waals surface area contributed by atoms with Crippen molar-refractivity contribution in [1.82, 2.24) is 5.01 Å². The molecule has 1 unspecified atom stereocenters. The quantitative estimate of drug-likeness (QED) is 0.216. The molecule has 2 aromatic carbocycles. The van der Waals surface area contributed by atoms with Crippen molar-refractivity contribution in [2.75, 3.05) is 14.1 Å². The maximum atomic E-state index is 4.96. The van der Waals surface area contributed by atoms with E-state index in [1.807, 2.05) is 31.3 Å². The molecule has 29 heavy (non-hydrogen) atoms. The van der Waals surface area contributed by atoms with Crippen LogP contribution in [0.1, 0.15) is 36.8 Å². The predicted octanol–water partition coefficient (Wildman–Crippen LogP) is 6.55. The Kier molecular flexibility index (Phi) is 9.99. The lowest BCUT2D eigenvalue weighted by Gasteiger charge is -2.25. The maximum absolute atomic E-state index is 4.96. The molecule has 0 bridgehead atoms. The molecule has 0 fully saturated rings. The molecule has 1 atom stereocenters. The smallest absolute Gasteiger partial charge is 0.0418 e. The number of aryl methyl sites for hydroxylation is 1. The first-order valence-corrected chi connectivity index (χ1v) is 10.7. The van der Waals surface area contributed by atoms with Crippen LogP contribution in [0.3, 0.4) is 0 Å². The second-order valence-corrected chi connectivity index (χ2v) is 7.96. The van der Waals surface area contributed by atoms with E-state index in [1.165, 1.54) is 16.8 Å². The average Bonchev–Trinajstić information content (AvgIpc) is 2.72. The number of hydrogen-bond donors (Lipinski definition) is 0. The minimum atomic E-state index is 0.411. The zero-order valence-corrected chi connectivity index (χ0v) is 18.1. The largest absolute Gasteiger partial charge is 0.303 e. The van der Waals surface area contributed by atoms with Crippen LogP contribution < -0.4 is 0 Å². The van der Waals surface area contributed by atoms with Crippen LogP contribution in [0.25, 0.3) is 0 Å². The minimum Gasteiger partial charge on any atom is -0.303 e. The average molecular weight is 389 g/mol. The van der Waals surface area contributed by atoms with Crippen molar-refractivity contribution in [2.45, 2.75) is 38.5 Å². The number of rotatable bonds is 13. The monoisotopic (exact) mass is 388 g/mol. The van der Waals surface area contributed by atoms with Gasteiger partial charge in [-0.1, -0.05) is 72.8 Å². The van der Waals surface area contributed by atoms with E-state index in [9.17, 15) is 0 Å². The van der Waals surface area contributed by atoms with E-state index in [0.717, 1.165) is 38.5 Å². The van der Waals surface area contributed by atoms with Gasteiger partial charge in [0, 0.05) is 25.7 Å². The van der Waals surface area contributed by atoms with Crippen LogP contribution in [-0.4, -0.2) is 24.8 Å². The molecule has 0 saturated carbocycles. The van der Waals surface area contributed by atoms with E-state index >= 15 is 0 Å². The van der Waals surface area contributed by atoms with E-state index in [2.05, 4.69) is 73.8 Å². The van der Waals surface area contributed by atoms with E-state index in [0.29, 0.717) is 11.8 Å². The molecule has 0 aliphatic rings. The third-order valence-corrected chi connectivity index (χ3v) is 5.26. The molecular formula is C27H36N2. The zero-order valence-electron chi connectivity index (χ0n) is 18.1. The number of allylic oxidation sites excluding steroid dienone is 2. The van der Waals surface area contributed by atoms with Gasteiger partial charge in [-0.15, -0.1) is 13.2 Å². The Morgan fingerprint density at radius 1 is 0.897 bits per heavy atom. The Labute approximate surface area is 177 Å². The van der Waals surface area contributed by atoms with Gasteiger partial charge in [0.15, 0.2) is 0 Å². The van der Waals surface area contributed by atoms with Crippen LogP contribution in [0.2, 0.25) is 0 Å². The van der Waals surface area contributed by atoms with Crippen molar-refractivity contribution in [3.05, 3.63) is 97.1 Å². The second-order valence-electron chi connectivity index (χ2n) is 7.96. The summed E-state index contributed by atoms with van der Waals surface area (Å²) in [5, 5.41) is 6.91. The normalized spacial score (nSPS) is 12.6. The van der Waals surface area contributed by atoms with Crippen molar-refractivity contribution in [3.8, 4) is 0 Å². The van der Waals surface area contributed by atoms with Crippen molar-refractivity contribution in [2.24, 2.45) is 16.9 Å². The van der Waals surface area contributed by atoms with Crippen molar-refractivity contribution < 1.29 is 0 Å². The topological polar surface area (TPSA) is 15.6 Å². The van der Waals surface area contributed by atoms with E-state index in [4.69, 9.17) is 5.10 Å². The first kappa shape index (κ1) is 22.7. The molecule has 0 aliphatic carbocycles. The fourth-order valence-corrected chi connectivity index (χ4v) is 3.91. The number of hydrogen-bond acceptors (Lipinski definition) is 2. The van der Waals surface area contributed by atoms with Gasteiger partial charge >= 0.3 is 0 Å². The fourth-order valence-electron chi connectivity index (χ4n) is 3.91. The summed E-state index contributed by atoms with van der Waals surface area (Å²) in [6.45, 7) is 7.94. The Morgan fingerprint density at radius 2 is 1.45 bits per heavy atom. The summed E-state index contributed by atoms with van der Waals surface area (Å²) in [4.78, 5) is 0. The highest BCUT2D eigenvalue weighted by Crippen LogP contribution is 2.26. The lowest BCUT2D eigenvalue weighted by molar-refractivity contribution is 0.404. The summed E-state index contributed by atoms with van der Waals surface area (Å²) in [7, 11) is 4.04. The van der Waals surface area contributed by atoms with Crippen molar-refractivity contribution in [1.29, 1.82) is 0 Å². The van der Waals surface area contributed by atoms with Crippen LogP contribution in [-0.2, 0) is 12.8 Å². The van der Waals surface area contributed by atoms with E-state index < -0.39 is 0 Å². The summed E-state index contributed by atoms with van der Waals surface area (Å²) in [5.41, 5.74) is 4.03. The molecule has 0 aliphatic heterocycles. The summed E-state index contributed by atoms with van der Waals surface area (Å²) in [6, 6.07) is 21.5. The van der Waals surface area contributed by atoms with Gasteiger partial charge in [0.05, 0.1) is 0 Å². The molecule has 2 heteroatoms. The standard InChI is InChI=1S/C27H36N2/c1-5-13-24(14-6-2)21-26(22-25-17-11-8-12-18-25)27(28-29(3)4)20-19-23-15-9-7-10-16-23/h5-12,15-18,24,26H,1-2,13-14,19-22H2,3-4H3/b28-27-. The minimum absolute atomic E-state index is 0.411. The summed E-state index contributed by atoms with van der Waals surface area (Å²) < 4.78 is 0. The molecule has 0 N–H and O–H groups in total. The lowest BCUT2D eigenvalue weighted by atomic mass is 9.82. The first-order chi connectivity index (χ1) is 14.1. The Morgan fingerprint density at radius 3 is 1.97 bits per heavy atom. The summed E-state index contributed by atoms with van der Waals surface area (Å²) in [5.74, 6) is 0.969. The number of hydrazone groups is 1. The highest BCUT2D eigenvalue weighted by atomic mass is 15.4. The van der Waals surface area contributed by atoms with Crippen LogP contribution in [0.5, 0.6) is 0 Å². The van der Waals surface area contributed by atoms with Gasteiger partial charge in [0.25, 0.3) is 0 Å². The molecule has 0 heterocycles. The lowest BCUT2D eigenvalue weighted by Crippen LogP contribution is -2.24. The molecule has 0 radical (unpaired) electrons. The second kappa shape index (κ2) is 12.8. The predicted molar refractivity (Wildman–Crippen MR) is 127 cm³/mol. The van der Waals surface area contributed by atoms with Gasteiger partial charge in [-0.25, -0.2) is 0 Å². The zero-order chi connectivity index (χ0) is 20.9.